The SMILES string of the molecule is CC(C)(C)C(=O)N[C@H](NC(=S)Nc1ccccc1C(=O)[O-])C(Cl)(Cl)Cl. The molecule has 0 fully saturated rings. The van der Waals surface area contributed by atoms with E-state index >= 15 is 0 Å². The van der Waals surface area contributed by atoms with Crippen LogP contribution in [-0.2, 0) is 4.79 Å². The molecule has 0 bridgehead atoms. The number of carbonyl (C=O) groups excluding carboxylic acids is 2. The number of carbonyl (C=O) groups is 2. The molecule has 0 spiro atoms. The van der Waals surface area contributed by atoms with E-state index in [0.717, 1.165) is 0 Å². The molecule has 1 aromatic carbocycles. The Kier molecular flexibility index (Phi) is 7.31. The fraction of sp³-hybridized carbons (Fsp3) is 0.400. The molecule has 6 nitrogen and oxygen atoms in total. The Labute approximate surface area is 166 Å². The molecule has 25 heavy (non-hydrogen) atoms. The van der Waals surface area contributed by atoms with Crippen molar-refractivity contribution in [3.05, 3.63) is 29.8 Å². The third-order valence-corrected chi connectivity index (χ3v) is 3.83. The minimum atomic E-state index is -1.90. The van der Waals surface area contributed by atoms with Crippen molar-refractivity contribution in [2.45, 2.75) is 30.7 Å². The van der Waals surface area contributed by atoms with E-state index in [1.165, 1.54) is 12.1 Å². The first-order valence-electron chi connectivity index (χ1n) is 7.08. The monoisotopic (exact) mass is 424 g/mol. The first-order chi connectivity index (χ1) is 11.3. The Morgan fingerprint density at radius 1 is 1.12 bits per heavy atom. The van der Waals surface area contributed by atoms with Crippen LogP contribution in [0.2, 0.25) is 0 Å². The number of amides is 1. The molecule has 1 atom stereocenters. The molecule has 0 aliphatic carbocycles. The van der Waals surface area contributed by atoms with Gasteiger partial charge in [-0.3, -0.25) is 4.79 Å². The van der Waals surface area contributed by atoms with Gasteiger partial charge in [-0.1, -0.05) is 73.8 Å². The number of carboxylic acid groups (broad SMARTS) is 1. The fourth-order valence-electron chi connectivity index (χ4n) is 1.61. The predicted molar refractivity (Wildman–Crippen MR) is 102 cm³/mol. The molecule has 0 aliphatic rings. The van der Waals surface area contributed by atoms with E-state index in [4.69, 9.17) is 47.0 Å². The summed E-state index contributed by atoms with van der Waals surface area (Å²) in [7, 11) is 0. The zero-order chi connectivity index (χ0) is 19.4. The van der Waals surface area contributed by atoms with Crippen molar-refractivity contribution in [1.29, 1.82) is 0 Å². The van der Waals surface area contributed by atoms with E-state index in [-0.39, 0.29) is 22.3 Å². The molecule has 0 heterocycles. The molecule has 1 rings (SSSR count). The van der Waals surface area contributed by atoms with Crippen molar-refractivity contribution in [3.8, 4) is 0 Å². The number of halogens is 3. The van der Waals surface area contributed by atoms with E-state index in [9.17, 15) is 14.7 Å². The molecule has 0 aromatic heterocycles. The van der Waals surface area contributed by atoms with Gasteiger partial charge >= 0.3 is 0 Å². The highest BCUT2D eigenvalue weighted by molar-refractivity contribution is 7.80. The number of para-hydroxylation sites is 1. The van der Waals surface area contributed by atoms with Crippen LogP contribution >= 0.6 is 47.0 Å². The van der Waals surface area contributed by atoms with Crippen LogP contribution in [0.1, 0.15) is 31.1 Å². The summed E-state index contributed by atoms with van der Waals surface area (Å²) in [6, 6.07) is 6.01. The van der Waals surface area contributed by atoms with Crippen LogP contribution in [-0.4, -0.2) is 26.9 Å². The van der Waals surface area contributed by atoms with Crippen LogP contribution in [0.15, 0.2) is 24.3 Å². The second-order valence-electron chi connectivity index (χ2n) is 6.13. The first kappa shape index (κ1) is 21.8. The lowest BCUT2D eigenvalue weighted by Crippen LogP contribution is -2.58. The van der Waals surface area contributed by atoms with Crippen LogP contribution in [0.3, 0.4) is 0 Å². The molecule has 10 heteroatoms. The summed E-state index contributed by atoms with van der Waals surface area (Å²) < 4.78 is -1.90. The van der Waals surface area contributed by atoms with Gasteiger partial charge in [0.05, 0.1) is 5.97 Å². The summed E-state index contributed by atoms with van der Waals surface area (Å²) in [5.74, 6) is -1.74. The van der Waals surface area contributed by atoms with Crippen molar-refractivity contribution < 1.29 is 14.7 Å². The maximum Gasteiger partial charge on any atom is 0.228 e. The van der Waals surface area contributed by atoms with Gasteiger partial charge in [0.25, 0.3) is 0 Å². The van der Waals surface area contributed by atoms with Gasteiger partial charge in [-0.15, -0.1) is 0 Å². The Morgan fingerprint density at radius 2 is 1.68 bits per heavy atom. The van der Waals surface area contributed by atoms with Crippen LogP contribution in [0.25, 0.3) is 0 Å². The lowest BCUT2D eigenvalue weighted by molar-refractivity contribution is -0.254. The molecule has 0 aliphatic heterocycles. The lowest BCUT2D eigenvalue weighted by atomic mass is 9.95. The van der Waals surface area contributed by atoms with Gasteiger partial charge in [0, 0.05) is 16.7 Å². The summed E-state index contributed by atoms with van der Waals surface area (Å²) in [6.45, 7) is 5.10. The number of nitrogens with one attached hydrogen (secondary N) is 3. The zero-order valence-corrected chi connectivity index (χ0v) is 16.7. The quantitative estimate of drug-likeness (QED) is 0.389. The number of carboxylic acids is 1. The molecule has 0 unspecified atom stereocenters. The van der Waals surface area contributed by atoms with E-state index in [1.807, 2.05) is 0 Å². The van der Waals surface area contributed by atoms with Crippen molar-refractivity contribution >= 4 is 69.7 Å². The molecular weight excluding hydrogens is 409 g/mol. The van der Waals surface area contributed by atoms with Crippen molar-refractivity contribution in [2.75, 3.05) is 5.32 Å². The smallest absolute Gasteiger partial charge is 0.228 e. The largest absolute Gasteiger partial charge is 0.545 e. The van der Waals surface area contributed by atoms with Crippen molar-refractivity contribution in [2.24, 2.45) is 5.41 Å². The van der Waals surface area contributed by atoms with Crippen molar-refractivity contribution in [1.82, 2.24) is 10.6 Å². The average Bonchev–Trinajstić information content (AvgIpc) is 2.44. The van der Waals surface area contributed by atoms with Crippen LogP contribution < -0.4 is 21.1 Å². The van der Waals surface area contributed by atoms with E-state index in [2.05, 4.69) is 16.0 Å². The van der Waals surface area contributed by atoms with E-state index < -0.39 is 21.3 Å². The van der Waals surface area contributed by atoms with Crippen LogP contribution in [0.5, 0.6) is 0 Å². The summed E-state index contributed by atoms with van der Waals surface area (Å²) in [5.41, 5.74) is -0.604. The first-order valence-corrected chi connectivity index (χ1v) is 8.62. The molecular formula is C15H17Cl3N3O3S-. The highest BCUT2D eigenvalue weighted by Gasteiger charge is 2.36. The summed E-state index contributed by atoms with van der Waals surface area (Å²) in [4.78, 5) is 23.2. The molecule has 138 valence electrons. The van der Waals surface area contributed by atoms with Crippen LogP contribution in [0.4, 0.5) is 5.69 Å². The molecule has 1 aromatic rings. The standard InChI is InChI=1S/C15H18Cl3N3O3S/c1-14(2,3)12(24)20-11(15(16,17)18)21-13(25)19-9-7-5-4-6-8(9)10(22)23/h4-7,11H,1-3H3,(H,20,24)(H,22,23)(H2,19,21,25)/p-1/t11-/m1/s1. The minimum Gasteiger partial charge on any atom is -0.545 e. The summed E-state index contributed by atoms with van der Waals surface area (Å²) >= 11 is 22.8. The number of anilines is 1. The molecule has 0 saturated heterocycles. The normalized spacial score (nSPS) is 12.9. The topological polar surface area (TPSA) is 93.3 Å². The minimum absolute atomic E-state index is 0.0424. The maximum atomic E-state index is 12.1. The van der Waals surface area contributed by atoms with Gasteiger partial charge in [-0.05, 0) is 18.3 Å². The number of thiocarbonyl (C=S) groups is 1. The predicted octanol–water partition coefficient (Wildman–Crippen LogP) is 2.20. The third-order valence-electron chi connectivity index (χ3n) is 2.95. The fourth-order valence-corrected chi connectivity index (χ4v) is 2.16. The Bertz CT molecular complexity index is 672. The third kappa shape index (κ3) is 6.86. The number of rotatable bonds is 4. The molecule has 3 N–H and O–H groups in total. The molecule has 1 amide bonds. The maximum absolute atomic E-state index is 12.1. The second-order valence-corrected chi connectivity index (χ2v) is 8.91. The highest BCUT2D eigenvalue weighted by atomic mass is 35.6. The lowest BCUT2D eigenvalue weighted by Gasteiger charge is -2.30. The average molecular weight is 426 g/mol. The number of hydrogen-bond donors (Lipinski definition) is 3. The zero-order valence-electron chi connectivity index (χ0n) is 13.7. The van der Waals surface area contributed by atoms with Gasteiger partial charge in [0.2, 0.25) is 9.70 Å². The Morgan fingerprint density at radius 3 is 2.16 bits per heavy atom. The van der Waals surface area contributed by atoms with E-state index in [0.29, 0.717) is 0 Å². The number of hydrogen-bond acceptors (Lipinski definition) is 4. The highest BCUT2D eigenvalue weighted by Crippen LogP contribution is 2.30. The summed E-state index contributed by atoms with van der Waals surface area (Å²) in [6.07, 6.45) is -1.14. The Hall–Kier alpha value is -1.28. The summed E-state index contributed by atoms with van der Waals surface area (Å²) in [5, 5.41) is 18.9. The Balaban J connectivity index is 2.90. The number of aromatic carboxylic acids is 1. The van der Waals surface area contributed by atoms with Gasteiger partial charge < -0.3 is 25.9 Å². The van der Waals surface area contributed by atoms with Gasteiger partial charge in [0.15, 0.2) is 5.11 Å². The second kappa shape index (κ2) is 8.40. The van der Waals surface area contributed by atoms with Gasteiger partial charge in [0.1, 0.15) is 6.17 Å². The van der Waals surface area contributed by atoms with Gasteiger partial charge in [-0.2, -0.15) is 0 Å². The molecule has 0 radical (unpaired) electrons. The number of alkyl halides is 3. The van der Waals surface area contributed by atoms with Gasteiger partial charge in [-0.25, -0.2) is 0 Å². The van der Waals surface area contributed by atoms with Crippen LogP contribution in [0, 0.1) is 5.41 Å². The number of benzene rings is 1. The molecule has 0 saturated carbocycles. The van der Waals surface area contributed by atoms with Crippen molar-refractivity contribution in [3.63, 3.8) is 0 Å². The van der Waals surface area contributed by atoms with E-state index in [1.54, 1.807) is 32.9 Å².